The lowest BCUT2D eigenvalue weighted by molar-refractivity contribution is -0.140. The number of piperazine rings is 1. The molecule has 2 amide bonds. The predicted octanol–water partition coefficient (Wildman–Crippen LogP) is -1.12. The Hall–Kier alpha value is -2.07. The molecular formula is C15H20N4O5S. The van der Waals surface area contributed by atoms with Crippen LogP contribution in [0.5, 0.6) is 0 Å². The number of aryl methyl sites for hydroxylation is 1. The van der Waals surface area contributed by atoms with Gasteiger partial charge in [0.15, 0.2) is 9.84 Å². The van der Waals surface area contributed by atoms with Crippen LogP contribution in [-0.4, -0.2) is 90.4 Å². The molecule has 1 aromatic heterocycles. The summed E-state index contributed by atoms with van der Waals surface area (Å²) >= 11 is 0. The van der Waals surface area contributed by atoms with Gasteiger partial charge < -0.3 is 14.5 Å². The van der Waals surface area contributed by atoms with Crippen LogP contribution in [0, 0.1) is 6.92 Å². The fraction of sp³-hybridized carbons (Fsp3) is 0.600. The zero-order chi connectivity index (χ0) is 18.2. The van der Waals surface area contributed by atoms with Crippen molar-refractivity contribution in [3.8, 4) is 0 Å². The van der Waals surface area contributed by atoms with E-state index in [1.807, 2.05) is 0 Å². The molecule has 0 aliphatic carbocycles. The molecule has 0 N–H and O–H groups in total. The number of aromatic nitrogens is 2. The third kappa shape index (κ3) is 3.49. The van der Waals surface area contributed by atoms with E-state index in [-0.39, 0.29) is 48.7 Å². The molecule has 2 aliphatic rings. The maximum atomic E-state index is 12.8. The Bertz CT molecular complexity index is 780. The molecule has 10 heteroatoms. The SMILES string of the molecule is COCC(=O)N1CCN(C(=O)c2cnc(C)cn2)[C@H]2CS(=O)(=O)C[C@H]21. The van der Waals surface area contributed by atoms with Crippen molar-refractivity contribution in [3.05, 3.63) is 23.8 Å². The number of rotatable bonds is 3. The molecule has 0 saturated carbocycles. The van der Waals surface area contributed by atoms with E-state index < -0.39 is 21.9 Å². The van der Waals surface area contributed by atoms with Crippen LogP contribution in [0.1, 0.15) is 16.2 Å². The average Bonchev–Trinajstić information content (AvgIpc) is 2.89. The van der Waals surface area contributed by atoms with Gasteiger partial charge >= 0.3 is 0 Å². The minimum Gasteiger partial charge on any atom is -0.375 e. The number of amides is 2. The smallest absolute Gasteiger partial charge is 0.274 e. The average molecular weight is 368 g/mol. The highest BCUT2D eigenvalue weighted by Gasteiger charge is 2.49. The first-order chi connectivity index (χ1) is 11.8. The third-order valence-electron chi connectivity index (χ3n) is 4.53. The Morgan fingerprint density at radius 3 is 2.40 bits per heavy atom. The molecule has 9 nitrogen and oxygen atoms in total. The first kappa shape index (κ1) is 17.7. The van der Waals surface area contributed by atoms with Gasteiger partial charge in [0, 0.05) is 26.4 Å². The number of fused-ring (bicyclic) bond motifs is 1. The Morgan fingerprint density at radius 1 is 1.16 bits per heavy atom. The molecule has 2 atom stereocenters. The summed E-state index contributed by atoms with van der Waals surface area (Å²) < 4.78 is 29.1. The van der Waals surface area contributed by atoms with Crippen molar-refractivity contribution in [1.82, 2.24) is 19.8 Å². The zero-order valence-electron chi connectivity index (χ0n) is 14.1. The van der Waals surface area contributed by atoms with E-state index in [0.29, 0.717) is 5.69 Å². The van der Waals surface area contributed by atoms with Gasteiger partial charge in [-0.05, 0) is 6.92 Å². The lowest BCUT2D eigenvalue weighted by Gasteiger charge is -2.43. The number of methoxy groups -OCH3 is 1. The first-order valence-corrected chi connectivity index (χ1v) is 9.73. The van der Waals surface area contributed by atoms with Crippen LogP contribution < -0.4 is 0 Å². The summed E-state index contributed by atoms with van der Waals surface area (Å²) in [6, 6.07) is -1.13. The molecule has 2 aliphatic heterocycles. The van der Waals surface area contributed by atoms with Gasteiger partial charge in [-0.2, -0.15) is 0 Å². The summed E-state index contributed by atoms with van der Waals surface area (Å²) in [5.41, 5.74) is 0.859. The molecule has 136 valence electrons. The Morgan fingerprint density at radius 2 is 1.80 bits per heavy atom. The summed E-state index contributed by atoms with van der Waals surface area (Å²) in [7, 11) is -1.92. The minimum atomic E-state index is -3.33. The van der Waals surface area contributed by atoms with Gasteiger partial charge in [0.05, 0.1) is 35.5 Å². The van der Waals surface area contributed by atoms with Crippen molar-refractivity contribution >= 4 is 21.7 Å². The van der Waals surface area contributed by atoms with E-state index in [1.165, 1.54) is 29.3 Å². The number of carbonyl (C=O) groups is 2. The summed E-state index contributed by atoms with van der Waals surface area (Å²) in [4.78, 5) is 36.2. The van der Waals surface area contributed by atoms with Gasteiger partial charge in [-0.25, -0.2) is 13.4 Å². The standard InChI is InChI=1S/C15H20N4O5S/c1-10-5-17-11(6-16-10)15(21)19-4-3-18(14(20)7-24-2)12-8-25(22,23)9-13(12)19/h5-6,12-13H,3-4,7-9H2,1-2H3/t12-,13+/m1/s1. The van der Waals surface area contributed by atoms with Gasteiger partial charge in [0.25, 0.3) is 5.91 Å². The highest BCUT2D eigenvalue weighted by molar-refractivity contribution is 7.91. The van der Waals surface area contributed by atoms with Gasteiger partial charge in [-0.15, -0.1) is 0 Å². The predicted molar refractivity (Wildman–Crippen MR) is 87.6 cm³/mol. The second kappa shape index (κ2) is 6.68. The molecule has 0 aromatic carbocycles. The van der Waals surface area contributed by atoms with Crippen LogP contribution in [-0.2, 0) is 19.4 Å². The van der Waals surface area contributed by atoms with Crippen molar-refractivity contribution < 1.29 is 22.7 Å². The fourth-order valence-electron chi connectivity index (χ4n) is 3.37. The highest BCUT2D eigenvalue weighted by Crippen LogP contribution is 2.28. The number of hydrogen-bond donors (Lipinski definition) is 0. The van der Waals surface area contributed by atoms with Crippen LogP contribution in [0.3, 0.4) is 0 Å². The van der Waals surface area contributed by atoms with E-state index in [9.17, 15) is 18.0 Å². The molecule has 2 saturated heterocycles. The molecular weight excluding hydrogens is 348 g/mol. The van der Waals surface area contributed by atoms with Gasteiger partial charge in [-0.1, -0.05) is 0 Å². The summed E-state index contributed by atoms with van der Waals surface area (Å²) in [6.07, 6.45) is 2.88. The highest BCUT2D eigenvalue weighted by atomic mass is 32.2. The third-order valence-corrected chi connectivity index (χ3v) is 6.22. The summed E-state index contributed by atoms with van der Waals surface area (Å²) in [5.74, 6) is -0.925. The van der Waals surface area contributed by atoms with Crippen molar-refractivity contribution in [2.75, 3.05) is 38.3 Å². The zero-order valence-corrected chi connectivity index (χ0v) is 14.9. The number of hydrogen-bond acceptors (Lipinski definition) is 7. The maximum Gasteiger partial charge on any atom is 0.274 e. The Balaban J connectivity index is 1.87. The molecule has 3 rings (SSSR count). The summed E-state index contributed by atoms with van der Waals surface area (Å²) in [6.45, 7) is 2.17. The van der Waals surface area contributed by atoms with Crippen LogP contribution in [0.25, 0.3) is 0 Å². The van der Waals surface area contributed by atoms with Gasteiger partial charge in [-0.3, -0.25) is 14.6 Å². The minimum absolute atomic E-state index is 0.110. The molecule has 0 spiro atoms. The van der Waals surface area contributed by atoms with Crippen LogP contribution in [0.2, 0.25) is 0 Å². The second-order valence-electron chi connectivity index (χ2n) is 6.27. The van der Waals surface area contributed by atoms with Crippen LogP contribution in [0.4, 0.5) is 0 Å². The van der Waals surface area contributed by atoms with Gasteiger partial charge in [0.1, 0.15) is 12.3 Å². The van der Waals surface area contributed by atoms with Crippen LogP contribution >= 0.6 is 0 Å². The normalized spacial score (nSPS) is 24.9. The quantitative estimate of drug-likeness (QED) is 0.665. The monoisotopic (exact) mass is 368 g/mol. The lowest BCUT2D eigenvalue weighted by atomic mass is 10.0. The first-order valence-electron chi connectivity index (χ1n) is 7.91. The Kier molecular flexibility index (Phi) is 4.74. The number of sulfone groups is 1. The van der Waals surface area contributed by atoms with Crippen molar-refractivity contribution in [1.29, 1.82) is 0 Å². The fourth-order valence-corrected chi connectivity index (χ4v) is 5.35. The molecule has 1 aromatic rings. The van der Waals surface area contributed by atoms with E-state index in [4.69, 9.17) is 4.74 Å². The van der Waals surface area contributed by atoms with Crippen molar-refractivity contribution in [3.63, 3.8) is 0 Å². The molecule has 25 heavy (non-hydrogen) atoms. The Labute approximate surface area is 145 Å². The number of carbonyl (C=O) groups excluding carboxylic acids is 2. The molecule has 3 heterocycles. The molecule has 0 radical (unpaired) electrons. The van der Waals surface area contributed by atoms with E-state index in [0.717, 1.165) is 0 Å². The number of nitrogens with zero attached hydrogens (tertiary/aromatic N) is 4. The van der Waals surface area contributed by atoms with Crippen molar-refractivity contribution in [2.24, 2.45) is 0 Å². The summed E-state index contributed by atoms with van der Waals surface area (Å²) in [5, 5.41) is 0. The topological polar surface area (TPSA) is 110 Å². The molecule has 0 bridgehead atoms. The van der Waals surface area contributed by atoms with E-state index in [2.05, 4.69) is 9.97 Å². The van der Waals surface area contributed by atoms with Crippen LogP contribution in [0.15, 0.2) is 12.4 Å². The second-order valence-corrected chi connectivity index (χ2v) is 8.43. The largest absolute Gasteiger partial charge is 0.375 e. The molecule has 0 unspecified atom stereocenters. The van der Waals surface area contributed by atoms with Crippen molar-refractivity contribution in [2.45, 2.75) is 19.0 Å². The molecule has 2 fully saturated rings. The lowest BCUT2D eigenvalue weighted by Crippen LogP contribution is -2.62. The number of ether oxygens (including phenoxy) is 1. The van der Waals surface area contributed by atoms with E-state index >= 15 is 0 Å². The van der Waals surface area contributed by atoms with E-state index in [1.54, 1.807) is 6.92 Å². The maximum absolute atomic E-state index is 12.8. The van der Waals surface area contributed by atoms with Gasteiger partial charge in [0.2, 0.25) is 5.91 Å².